The molecule has 1 aliphatic heterocycles. The first-order chi connectivity index (χ1) is 8.85. The van der Waals surface area contributed by atoms with E-state index < -0.39 is 0 Å². The highest BCUT2D eigenvalue weighted by Gasteiger charge is 2.16. The lowest BCUT2D eigenvalue weighted by Gasteiger charge is -2.14. The second-order valence-corrected chi connectivity index (χ2v) is 4.65. The second kappa shape index (κ2) is 4.33. The van der Waals surface area contributed by atoms with Crippen LogP contribution < -0.4 is 5.32 Å². The number of rotatable bonds is 3. The van der Waals surface area contributed by atoms with Crippen molar-refractivity contribution in [2.24, 2.45) is 0 Å². The number of nitrogens with zero attached hydrogens (tertiary/aromatic N) is 1. The van der Waals surface area contributed by atoms with E-state index in [1.807, 2.05) is 13.1 Å². The van der Waals surface area contributed by atoms with Gasteiger partial charge >= 0.3 is 0 Å². The molecule has 92 valence electrons. The summed E-state index contributed by atoms with van der Waals surface area (Å²) < 4.78 is 2.35. The number of hydrogen-bond acceptors (Lipinski definition) is 2. The molecule has 1 aromatic heterocycles. The Kier molecular flexibility index (Phi) is 2.67. The highest BCUT2D eigenvalue weighted by atomic mass is 15.0. The quantitative estimate of drug-likeness (QED) is 0.794. The molecule has 0 unspecified atom stereocenters. The topological polar surface area (TPSA) is 40.8 Å². The fourth-order valence-electron chi connectivity index (χ4n) is 2.86. The van der Waals surface area contributed by atoms with E-state index in [-0.39, 0.29) is 0 Å². The summed E-state index contributed by atoms with van der Waals surface area (Å²) >= 11 is 0. The zero-order chi connectivity index (χ0) is 12.5. The van der Waals surface area contributed by atoms with Crippen LogP contribution in [0, 0.1) is 5.41 Å². The van der Waals surface area contributed by atoms with Crippen molar-refractivity contribution in [2.75, 3.05) is 7.05 Å². The van der Waals surface area contributed by atoms with E-state index in [1.54, 1.807) is 0 Å². The number of hydrogen-bond donors (Lipinski definition) is 2. The minimum atomic E-state index is 1.01. The van der Waals surface area contributed by atoms with Crippen LogP contribution in [0.25, 0.3) is 16.6 Å². The number of allylic oxidation sites excluding steroid dienone is 1. The van der Waals surface area contributed by atoms with E-state index >= 15 is 0 Å². The van der Waals surface area contributed by atoms with E-state index in [2.05, 4.69) is 34.3 Å². The lowest BCUT2D eigenvalue weighted by Crippen LogP contribution is -2.06. The maximum absolute atomic E-state index is 7.25. The number of benzene rings is 1. The average molecular weight is 239 g/mol. The molecular formula is C15H17N3. The van der Waals surface area contributed by atoms with Crippen LogP contribution in [0.2, 0.25) is 0 Å². The lowest BCUT2D eigenvalue weighted by atomic mass is 10.0. The van der Waals surface area contributed by atoms with Gasteiger partial charge in [-0.05, 0) is 24.5 Å². The molecule has 0 saturated carbocycles. The van der Waals surface area contributed by atoms with Crippen molar-refractivity contribution in [2.45, 2.75) is 19.4 Å². The molecule has 18 heavy (non-hydrogen) atoms. The van der Waals surface area contributed by atoms with Crippen LogP contribution in [-0.4, -0.2) is 17.8 Å². The Labute approximate surface area is 107 Å². The van der Waals surface area contributed by atoms with Crippen molar-refractivity contribution in [3.8, 4) is 0 Å². The Balaban J connectivity index is 2.29. The Morgan fingerprint density at radius 3 is 3.11 bits per heavy atom. The normalized spacial score (nSPS) is 14.8. The van der Waals surface area contributed by atoms with Crippen molar-refractivity contribution >= 4 is 22.8 Å². The molecule has 1 aromatic carbocycles. The molecule has 0 fully saturated rings. The third-order valence-corrected chi connectivity index (χ3v) is 3.64. The van der Waals surface area contributed by atoms with Crippen LogP contribution in [0.5, 0.6) is 0 Å². The van der Waals surface area contributed by atoms with E-state index in [0.717, 1.165) is 12.2 Å². The number of para-hydroxylation sites is 1. The summed E-state index contributed by atoms with van der Waals surface area (Å²) in [6.45, 7) is 1.09. The van der Waals surface area contributed by atoms with Gasteiger partial charge in [0.15, 0.2) is 0 Å². The van der Waals surface area contributed by atoms with Crippen LogP contribution in [0.4, 0.5) is 0 Å². The van der Waals surface area contributed by atoms with Gasteiger partial charge in [0.05, 0.1) is 5.52 Å². The van der Waals surface area contributed by atoms with Gasteiger partial charge in [-0.25, -0.2) is 0 Å². The summed E-state index contributed by atoms with van der Waals surface area (Å²) in [5.41, 5.74) is 5.01. The summed E-state index contributed by atoms with van der Waals surface area (Å²) in [6.07, 6.45) is 7.73. The van der Waals surface area contributed by atoms with Crippen molar-refractivity contribution in [1.29, 1.82) is 5.41 Å². The molecule has 3 rings (SSSR count). The number of aryl methyl sites for hydroxylation is 2. The largest absolute Gasteiger partial charge is 0.388 e. The summed E-state index contributed by atoms with van der Waals surface area (Å²) in [4.78, 5) is 0. The Hall–Kier alpha value is -2.03. The smallest absolute Gasteiger partial charge is 0.0519 e. The molecule has 0 atom stereocenters. The minimum absolute atomic E-state index is 1.01. The Morgan fingerprint density at radius 1 is 1.44 bits per heavy atom. The fraction of sp³-hybridized carbons (Fsp3) is 0.267. The van der Waals surface area contributed by atoms with Gasteiger partial charge in [0.25, 0.3) is 0 Å². The first-order valence-electron chi connectivity index (χ1n) is 6.34. The summed E-state index contributed by atoms with van der Waals surface area (Å²) in [5, 5.41) is 11.7. The zero-order valence-electron chi connectivity index (χ0n) is 10.5. The van der Waals surface area contributed by atoms with Gasteiger partial charge in [0, 0.05) is 42.7 Å². The monoisotopic (exact) mass is 239 g/mol. The standard InChI is InChI=1S/C15H17N3/c1-17-14(7-8-16)13-10-18-9-3-5-11-4-2-6-12(13)15(11)18/h2,4,6-8,10,16-17H,3,5,9H2,1H3/b14-7-,16-8?. The SMILES string of the molecule is CN/C(=C\C=N)c1cn2c3c(cccc13)CCC2. The Bertz CT molecular complexity index is 634. The van der Waals surface area contributed by atoms with Gasteiger partial charge < -0.3 is 15.3 Å². The van der Waals surface area contributed by atoms with Crippen LogP contribution in [-0.2, 0) is 13.0 Å². The first kappa shape index (κ1) is 11.1. The molecular weight excluding hydrogens is 222 g/mol. The van der Waals surface area contributed by atoms with Crippen molar-refractivity contribution in [3.05, 3.63) is 41.6 Å². The summed E-state index contributed by atoms with van der Waals surface area (Å²) in [7, 11) is 1.90. The van der Waals surface area contributed by atoms with Gasteiger partial charge in [-0.1, -0.05) is 18.2 Å². The maximum Gasteiger partial charge on any atom is 0.0519 e. The highest BCUT2D eigenvalue weighted by molar-refractivity contribution is 5.97. The number of nitrogens with one attached hydrogen (secondary N) is 2. The van der Waals surface area contributed by atoms with E-state index in [1.165, 1.54) is 41.1 Å². The third kappa shape index (κ3) is 1.55. The fourth-order valence-corrected chi connectivity index (χ4v) is 2.86. The molecule has 3 heteroatoms. The first-order valence-corrected chi connectivity index (χ1v) is 6.34. The molecule has 0 saturated heterocycles. The van der Waals surface area contributed by atoms with Gasteiger partial charge in [-0.15, -0.1) is 0 Å². The lowest BCUT2D eigenvalue weighted by molar-refractivity contribution is 0.635. The molecule has 2 heterocycles. The molecule has 0 amide bonds. The molecule has 1 aliphatic rings. The van der Waals surface area contributed by atoms with Crippen molar-refractivity contribution in [1.82, 2.24) is 9.88 Å². The van der Waals surface area contributed by atoms with Crippen LogP contribution >= 0.6 is 0 Å². The van der Waals surface area contributed by atoms with Gasteiger partial charge in [-0.3, -0.25) is 0 Å². The molecule has 0 spiro atoms. The molecule has 2 N–H and O–H groups in total. The second-order valence-electron chi connectivity index (χ2n) is 4.65. The maximum atomic E-state index is 7.25. The molecule has 0 bridgehead atoms. The summed E-state index contributed by atoms with van der Waals surface area (Å²) in [5.74, 6) is 0. The van der Waals surface area contributed by atoms with Crippen LogP contribution in [0.15, 0.2) is 30.5 Å². The van der Waals surface area contributed by atoms with E-state index in [4.69, 9.17) is 5.41 Å². The summed E-state index contributed by atoms with van der Waals surface area (Å²) in [6, 6.07) is 6.53. The molecule has 2 aromatic rings. The van der Waals surface area contributed by atoms with Crippen LogP contribution in [0.3, 0.4) is 0 Å². The van der Waals surface area contributed by atoms with E-state index in [0.29, 0.717) is 0 Å². The molecule has 0 aliphatic carbocycles. The zero-order valence-corrected chi connectivity index (χ0v) is 10.5. The minimum Gasteiger partial charge on any atom is -0.388 e. The average Bonchev–Trinajstić information content (AvgIpc) is 2.78. The van der Waals surface area contributed by atoms with E-state index in [9.17, 15) is 0 Å². The van der Waals surface area contributed by atoms with Gasteiger partial charge in [0.1, 0.15) is 0 Å². The Morgan fingerprint density at radius 2 is 2.33 bits per heavy atom. The predicted molar refractivity (Wildman–Crippen MR) is 76.1 cm³/mol. The third-order valence-electron chi connectivity index (χ3n) is 3.64. The van der Waals surface area contributed by atoms with Gasteiger partial charge in [-0.2, -0.15) is 0 Å². The highest BCUT2D eigenvalue weighted by Crippen LogP contribution is 2.31. The molecule has 0 radical (unpaired) electrons. The number of aromatic nitrogens is 1. The van der Waals surface area contributed by atoms with Gasteiger partial charge in [0.2, 0.25) is 0 Å². The van der Waals surface area contributed by atoms with Crippen LogP contribution in [0.1, 0.15) is 17.5 Å². The van der Waals surface area contributed by atoms with Crippen molar-refractivity contribution < 1.29 is 0 Å². The predicted octanol–water partition coefficient (Wildman–Crippen LogP) is 2.80. The molecule has 3 nitrogen and oxygen atoms in total. The van der Waals surface area contributed by atoms with Crippen molar-refractivity contribution in [3.63, 3.8) is 0 Å².